The van der Waals surface area contributed by atoms with Crippen LogP contribution in [-0.2, 0) is 9.59 Å². The second-order valence-electron chi connectivity index (χ2n) is 7.58. The van der Waals surface area contributed by atoms with Crippen molar-refractivity contribution in [2.24, 2.45) is 17.6 Å². The lowest BCUT2D eigenvalue weighted by Gasteiger charge is -2.25. The molecule has 2 aliphatic rings. The first-order chi connectivity index (χ1) is 12.6. The number of anilines is 1. The Bertz CT molecular complexity index is 845. The highest BCUT2D eigenvalue weighted by molar-refractivity contribution is 6.07. The van der Waals surface area contributed by atoms with Gasteiger partial charge in [-0.3, -0.25) is 9.59 Å². The number of rotatable bonds is 3. The van der Waals surface area contributed by atoms with E-state index in [0.717, 1.165) is 29.4 Å². The minimum absolute atomic E-state index is 0.0296. The van der Waals surface area contributed by atoms with Crippen LogP contribution < -0.4 is 10.6 Å². The second kappa shape index (κ2) is 6.72. The average Bonchev–Trinajstić information content (AvgIpc) is 3.23. The molecule has 3 atom stereocenters. The van der Waals surface area contributed by atoms with Gasteiger partial charge in [0.15, 0.2) is 0 Å². The highest BCUT2D eigenvalue weighted by Crippen LogP contribution is 2.33. The first-order valence-electron chi connectivity index (χ1n) is 9.37. The molecule has 0 radical (unpaired) electrons. The van der Waals surface area contributed by atoms with Crippen molar-refractivity contribution in [1.82, 2.24) is 4.90 Å². The molecule has 2 heterocycles. The summed E-state index contributed by atoms with van der Waals surface area (Å²) in [4.78, 5) is 29.4. The summed E-state index contributed by atoms with van der Waals surface area (Å²) in [5.41, 5.74) is 6.69. The number of carbonyl (C=O) groups excluding carboxylic acids is 2. The lowest BCUT2D eigenvalue weighted by molar-refractivity contribution is -0.136. The lowest BCUT2D eigenvalue weighted by Crippen LogP contribution is -2.40. The maximum absolute atomic E-state index is 13.0. The number of hydrogen-bond acceptors (Lipinski definition) is 3. The van der Waals surface area contributed by atoms with Crippen LogP contribution in [-0.4, -0.2) is 42.4 Å². The van der Waals surface area contributed by atoms with Gasteiger partial charge in [0.1, 0.15) is 0 Å². The second-order valence-corrected chi connectivity index (χ2v) is 7.58. The average molecular weight is 351 g/mol. The highest BCUT2D eigenvalue weighted by atomic mass is 16.2. The third-order valence-electron chi connectivity index (χ3n) is 5.81. The monoisotopic (exact) mass is 351 g/mol. The third-order valence-corrected chi connectivity index (χ3v) is 5.81. The van der Waals surface area contributed by atoms with Gasteiger partial charge in [0.2, 0.25) is 11.8 Å². The molecule has 0 bridgehead atoms. The molecule has 136 valence electrons. The number of likely N-dealkylation sites (tertiary alicyclic amines) is 1. The van der Waals surface area contributed by atoms with Crippen LogP contribution in [0, 0.1) is 11.8 Å². The van der Waals surface area contributed by atoms with Gasteiger partial charge in [0.25, 0.3) is 0 Å². The normalized spacial score (nSPS) is 26.1. The van der Waals surface area contributed by atoms with Crippen LogP contribution in [0.4, 0.5) is 5.69 Å². The number of amides is 2. The van der Waals surface area contributed by atoms with Crippen molar-refractivity contribution in [1.29, 1.82) is 0 Å². The molecular formula is C21H25N3O2. The summed E-state index contributed by atoms with van der Waals surface area (Å²) in [6.07, 6.45) is 1.24. The van der Waals surface area contributed by atoms with Gasteiger partial charge >= 0.3 is 0 Å². The van der Waals surface area contributed by atoms with Gasteiger partial charge in [-0.2, -0.15) is 0 Å². The summed E-state index contributed by atoms with van der Waals surface area (Å²) in [5, 5.41) is 2.15. The highest BCUT2D eigenvalue weighted by Gasteiger charge is 2.41. The predicted octanol–water partition coefficient (Wildman–Crippen LogP) is 2.39. The number of nitrogens with zero attached hydrogens (tertiary/aromatic N) is 2. The Morgan fingerprint density at radius 2 is 1.92 bits per heavy atom. The molecule has 2 saturated heterocycles. The Kier molecular flexibility index (Phi) is 4.41. The zero-order chi connectivity index (χ0) is 18.3. The van der Waals surface area contributed by atoms with Crippen LogP contribution in [0.2, 0.25) is 0 Å². The molecule has 0 aliphatic carbocycles. The summed E-state index contributed by atoms with van der Waals surface area (Å²) < 4.78 is 0. The quantitative estimate of drug-likeness (QED) is 0.923. The van der Waals surface area contributed by atoms with Gasteiger partial charge in [0, 0.05) is 30.9 Å². The van der Waals surface area contributed by atoms with Crippen LogP contribution in [0.1, 0.15) is 19.8 Å². The van der Waals surface area contributed by atoms with E-state index in [1.165, 1.54) is 0 Å². The number of nitrogens with two attached hydrogens (primary N) is 1. The van der Waals surface area contributed by atoms with Crippen molar-refractivity contribution in [2.75, 3.05) is 24.5 Å². The predicted molar refractivity (Wildman–Crippen MR) is 103 cm³/mol. The maximum Gasteiger partial charge on any atom is 0.228 e. The van der Waals surface area contributed by atoms with Crippen LogP contribution in [0.3, 0.4) is 0 Å². The molecule has 26 heavy (non-hydrogen) atoms. The van der Waals surface area contributed by atoms with E-state index in [2.05, 4.69) is 6.92 Å². The van der Waals surface area contributed by atoms with E-state index in [-0.39, 0.29) is 23.8 Å². The molecular weight excluding hydrogens is 326 g/mol. The number of carbonyl (C=O) groups is 2. The molecule has 3 unspecified atom stereocenters. The standard InChI is InChI=1S/C21H25N3O2/c1-14-9-15(11-22)12-23(14)21(26)17-10-20(25)24(13-17)19-8-4-6-16-5-2-3-7-18(16)19/h2-8,14-15,17H,9-13,22H2,1H3. The van der Waals surface area contributed by atoms with E-state index in [1.807, 2.05) is 47.4 Å². The Morgan fingerprint density at radius 3 is 2.69 bits per heavy atom. The third kappa shape index (κ3) is 2.86. The van der Waals surface area contributed by atoms with Gasteiger partial charge in [-0.05, 0) is 37.3 Å². The first kappa shape index (κ1) is 17.0. The molecule has 4 rings (SSSR count). The van der Waals surface area contributed by atoms with Crippen LogP contribution in [0.25, 0.3) is 10.8 Å². The molecule has 2 amide bonds. The van der Waals surface area contributed by atoms with Gasteiger partial charge in [0.05, 0.1) is 11.6 Å². The maximum atomic E-state index is 13.0. The fourth-order valence-electron chi connectivity index (χ4n) is 4.40. The molecule has 0 spiro atoms. The van der Waals surface area contributed by atoms with Crippen LogP contribution in [0.5, 0.6) is 0 Å². The first-order valence-corrected chi connectivity index (χ1v) is 9.37. The van der Waals surface area contributed by atoms with Crippen LogP contribution >= 0.6 is 0 Å². The summed E-state index contributed by atoms with van der Waals surface area (Å²) in [5.74, 6) is 0.243. The fourth-order valence-corrected chi connectivity index (χ4v) is 4.40. The van der Waals surface area contributed by atoms with Crippen molar-refractivity contribution in [2.45, 2.75) is 25.8 Å². The van der Waals surface area contributed by atoms with Crippen molar-refractivity contribution in [3.05, 3.63) is 42.5 Å². The summed E-state index contributed by atoms with van der Waals surface area (Å²) in [7, 11) is 0. The Balaban J connectivity index is 1.56. The molecule has 2 fully saturated rings. The van der Waals surface area contributed by atoms with Gasteiger partial charge < -0.3 is 15.5 Å². The SMILES string of the molecule is CC1CC(CN)CN1C(=O)C1CC(=O)N(c2cccc3ccccc23)C1. The fraction of sp³-hybridized carbons (Fsp3) is 0.429. The number of hydrogen-bond donors (Lipinski definition) is 1. The molecule has 2 aliphatic heterocycles. The largest absolute Gasteiger partial charge is 0.339 e. The lowest BCUT2D eigenvalue weighted by atomic mass is 10.1. The zero-order valence-corrected chi connectivity index (χ0v) is 15.1. The number of benzene rings is 2. The van der Waals surface area contributed by atoms with Gasteiger partial charge in [-0.1, -0.05) is 36.4 Å². The zero-order valence-electron chi connectivity index (χ0n) is 15.1. The van der Waals surface area contributed by atoms with Crippen molar-refractivity contribution in [3.63, 3.8) is 0 Å². The molecule has 0 saturated carbocycles. The van der Waals surface area contributed by atoms with E-state index in [9.17, 15) is 9.59 Å². The summed E-state index contributed by atoms with van der Waals surface area (Å²) >= 11 is 0. The van der Waals surface area contributed by atoms with Gasteiger partial charge in [-0.15, -0.1) is 0 Å². The smallest absolute Gasteiger partial charge is 0.228 e. The van der Waals surface area contributed by atoms with Gasteiger partial charge in [-0.25, -0.2) is 0 Å². The van der Waals surface area contributed by atoms with E-state index in [4.69, 9.17) is 5.73 Å². The van der Waals surface area contributed by atoms with Crippen molar-refractivity contribution < 1.29 is 9.59 Å². The molecule has 5 heteroatoms. The van der Waals surface area contributed by atoms with Crippen molar-refractivity contribution >= 4 is 28.3 Å². The van der Waals surface area contributed by atoms with E-state index in [0.29, 0.717) is 25.4 Å². The van der Waals surface area contributed by atoms with E-state index in [1.54, 1.807) is 4.90 Å². The molecule has 2 aromatic carbocycles. The number of fused-ring (bicyclic) bond motifs is 1. The Labute approximate surface area is 153 Å². The van der Waals surface area contributed by atoms with E-state index < -0.39 is 0 Å². The molecule has 2 N–H and O–H groups in total. The topological polar surface area (TPSA) is 66.6 Å². The summed E-state index contributed by atoms with van der Waals surface area (Å²) in [6, 6.07) is 14.2. The molecule has 0 aromatic heterocycles. The van der Waals surface area contributed by atoms with Crippen molar-refractivity contribution in [3.8, 4) is 0 Å². The minimum atomic E-state index is -0.263. The minimum Gasteiger partial charge on any atom is -0.339 e. The van der Waals surface area contributed by atoms with Crippen LogP contribution in [0.15, 0.2) is 42.5 Å². The summed E-state index contributed by atoms with van der Waals surface area (Å²) in [6.45, 7) is 3.87. The Hall–Kier alpha value is -2.40. The Morgan fingerprint density at radius 1 is 1.15 bits per heavy atom. The molecule has 2 aromatic rings. The van der Waals surface area contributed by atoms with E-state index >= 15 is 0 Å². The molecule has 5 nitrogen and oxygen atoms in total.